The number of rotatable bonds is 10. The average Bonchev–Trinajstić information content (AvgIpc) is 2.57. The molecule has 0 amide bonds. The first kappa shape index (κ1) is 23.6. The Balaban J connectivity index is 2.74. The van der Waals surface area contributed by atoms with Gasteiger partial charge in [-0.2, -0.15) is 0 Å². The third kappa shape index (κ3) is 7.60. The maximum Gasteiger partial charge on any atom is 0.311 e. The molecule has 0 saturated carbocycles. The topological polar surface area (TPSA) is 92.7 Å². The molecule has 1 aromatic rings. The van der Waals surface area contributed by atoms with Gasteiger partial charge in [0.1, 0.15) is 6.61 Å². The molecule has 0 aliphatic carbocycles. The maximum absolute atomic E-state index is 12.6. The van der Waals surface area contributed by atoms with Gasteiger partial charge < -0.3 is 9.84 Å². The van der Waals surface area contributed by atoms with Gasteiger partial charge in [-0.3, -0.25) is 4.79 Å². The quantitative estimate of drug-likeness (QED) is 0.590. The Kier molecular flexibility index (Phi) is 8.91. The summed E-state index contributed by atoms with van der Waals surface area (Å²) in [6.07, 6.45) is -0.275. The molecule has 1 rings (SSSR count). The van der Waals surface area contributed by atoms with Crippen molar-refractivity contribution in [1.29, 1.82) is 0 Å². The molecule has 0 bridgehead atoms. The predicted molar refractivity (Wildman–Crippen MR) is 106 cm³/mol. The number of carbonyl (C=O) groups excluding carboxylic acids is 1. The first-order chi connectivity index (χ1) is 12.4. The normalized spacial score (nSPS) is 15.6. The Labute approximate surface area is 163 Å². The lowest BCUT2D eigenvalue weighted by Crippen LogP contribution is -2.43. The molecule has 0 unspecified atom stereocenters. The van der Waals surface area contributed by atoms with Crippen LogP contribution in [0.15, 0.2) is 29.2 Å². The average molecular weight is 400 g/mol. The van der Waals surface area contributed by atoms with Crippen LogP contribution < -0.4 is 4.72 Å². The van der Waals surface area contributed by atoms with Crippen molar-refractivity contribution in [3.63, 3.8) is 0 Å². The van der Waals surface area contributed by atoms with Gasteiger partial charge in [0.25, 0.3) is 0 Å². The zero-order valence-electron chi connectivity index (χ0n) is 17.1. The van der Waals surface area contributed by atoms with Crippen LogP contribution in [0.25, 0.3) is 0 Å². The smallest absolute Gasteiger partial charge is 0.311 e. The van der Waals surface area contributed by atoms with Gasteiger partial charge in [0.05, 0.1) is 23.0 Å². The monoisotopic (exact) mass is 399 g/mol. The molecule has 0 aromatic heterocycles. The van der Waals surface area contributed by atoms with Crippen LogP contribution in [0.4, 0.5) is 0 Å². The highest BCUT2D eigenvalue weighted by Crippen LogP contribution is 2.16. The van der Waals surface area contributed by atoms with E-state index in [0.717, 1.165) is 5.56 Å². The summed E-state index contributed by atoms with van der Waals surface area (Å²) in [5.41, 5.74) is 0.970. The van der Waals surface area contributed by atoms with Gasteiger partial charge in [0.2, 0.25) is 10.0 Å². The second-order valence-corrected chi connectivity index (χ2v) is 9.61. The van der Waals surface area contributed by atoms with Crippen LogP contribution in [-0.2, 0) is 19.6 Å². The SMILES string of the molecule is Cc1ccc(S(=O)(=O)N[C@H](COC(=O)[C@@H](C)[C@H](O)CC(C)C)C(C)C)cc1. The van der Waals surface area contributed by atoms with E-state index < -0.39 is 34.1 Å². The van der Waals surface area contributed by atoms with Crippen molar-refractivity contribution in [2.45, 2.75) is 65.0 Å². The van der Waals surface area contributed by atoms with E-state index >= 15 is 0 Å². The lowest BCUT2D eigenvalue weighted by Gasteiger charge is -2.24. The number of ether oxygens (including phenoxy) is 1. The molecule has 2 N–H and O–H groups in total. The van der Waals surface area contributed by atoms with Crippen molar-refractivity contribution >= 4 is 16.0 Å². The summed E-state index contributed by atoms with van der Waals surface area (Å²) in [6, 6.07) is 6.00. The molecular weight excluding hydrogens is 366 g/mol. The molecular formula is C20H33NO5S. The molecule has 0 fully saturated rings. The third-order valence-corrected chi connectivity index (χ3v) is 6.02. The van der Waals surface area contributed by atoms with Gasteiger partial charge in [-0.15, -0.1) is 0 Å². The second kappa shape index (κ2) is 10.2. The minimum atomic E-state index is -3.71. The summed E-state index contributed by atoms with van der Waals surface area (Å²) in [7, 11) is -3.71. The number of aliphatic hydroxyl groups excluding tert-OH is 1. The van der Waals surface area contributed by atoms with E-state index in [1.807, 2.05) is 34.6 Å². The molecule has 0 spiro atoms. The molecule has 3 atom stereocenters. The van der Waals surface area contributed by atoms with Crippen LogP contribution >= 0.6 is 0 Å². The summed E-state index contributed by atoms with van der Waals surface area (Å²) in [5.74, 6) is -0.994. The predicted octanol–water partition coefficient (Wildman–Crippen LogP) is 2.88. The van der Waals surface area contributed by atoms with E-state index in [1.165, 1.54) is 0 Å². The molecule has 1 aromatic carbocycles. The molecule has 0 aliphatic rings. The number of nitrogens with one attached hydrogen (secondary N) is 1. The number of benzene rings is 1. The third-order valence-electron chi connectivity index (χ3n) is 4.51. The first-order valence-electron chi connectivity index (χ1n) is 9.37. The molecule has 0 radical (unpaired) electrons. The highest BCUT2D eigenvalue weighted by Gasteiger charge is 2.27. The number of esters is 1. The molecule has 0 heterocycles. The molecule has 0 saturated heterocycles. The number of hydrogen-bond donors (Lipinski definition) is 2. The minimum Gasteiger partial charge on any atom is -0.464 e. The Bertz CT molecular complexity index is 698. The van der Waals surface area contributed by atoms with Crippen molar-refractivity contribution in [3.05, 3.63) is 29.8 Å². The molecule has 0 aliphatic heterocycles. The Hall–Kier alpha value is -1.44. The van der Waals surface area contributed by atoms with E-state index in [0.29, 0.717) is 6.42 Å². The van der Waals surface area contributed by atoms with Crippen molar-refractivity contribution in [2.24, 2.45) is 17.8 Å². The second-order valence-electron chi connectivity index (χ2n) is 7.90. The lowest BCUT2D eigenvalue weighted by molar-refractivity contribution is -0.153. The summed E-state index contributed by atoms with van der Waals surface area (Å²) in [4.78, 5) is 12.4. The van der Waals surface area contributed by atoms with E-state index in [1.54, 1.807) is 31.2 Å². The zero-order valence-corrected chi connectivity index (χ0v) is 17.9. The first-order valence-corrected chi connectivity index (χ1v) is 10.9. The minimum absolute atomic E-state index is 0.0751. The molecule has 27 heavy (non-hydrogen) atoms. The fraction of sp³-hybridized carbons (Fsp3) is 0.650. The van der Waals surface area contributed by atoms with Crippen LogP contribution in [0.3, 0.4) is 0 Å². The number of aryl methyl sites for hydroxylation is 1. The number of hydrogen-bond acceptors (Lipinski definition) is 5. The highest BCUT2D eigenvalue weighted by molar-refractivity contribution is 7.89. The lowest BCUT2D eigenvalue weighted by atomic mass is 9.96. The fourth-order valence-electron chi connectivity index (χ4n) is 2.49. The summed E-state index contributed by atoms with van der Waals surface area (Å²) in [5, 5.41) is 10.1. The maximum atomic E-state index is 12.6. The van der Waals surface area contributed by atoms with Gasteiger partial charge in [-0.25, -0.2) is 13.1 Å². The van der Waals surface area contributed by atoms with E-state index in [9.17, 15) is 18.3 Å². The van der Waals surface area contributed by atoms with Gasteiger partial charge >= 0.3 is 5.97 Å². The van der Waals surface area contributed by atoms with Crippen LogP contribution in [0.2, 0.25) is 0 Å². The van der Waals surface area contributed by atoms with E-state index in [4.69, 9.17) is 4.74 Å². The van der Waals surface area contributed by atoms with Crippen molar-refractivity contribution in [1.82, 2.24) is 4.72 Å². The number of sulfonamides is 1. The van der Waals surface area contributed by atoms with Crippen molar-refractivity contribution < 1.29 is 23.1 Å². The molecule has 7 heteroatoms. The van der Waals surface area contributed by atoms with Crippen LogP contribution in [0.5, 0.6) is 0 Å². The van der Waals surface area contributed by atoms with Crippen molar-refractivity contribution in [3.8, 4) is 0 Å². The van der Waals surface area contributed by atoms with Crippen LogP contribution in [0.1, 0.15) is 46.6 Å². The van der Waals surface area contributed by atoms with Crippen LogP contribution in [0, 0.1) is 24.7 Å². The Morgan fingerprint density at radius 2 is 1.67 bits per heavy atom. The highest BCUT2D eigenvalue weighted by atomic mass is 32.2. The number of aliphatic hydroxyl groups is 1. The standard InChI is InChI=1S/C20H33NO5S/c1-13(2)11-19(22)16(6)20(23)26-12-18(14(3)4)21-27(24,25)17-9-7-15(5)8-10-17/h7-10,13-14,16,18-19,21-22H,11-12H2,1-6H3/t16-,18+,19+/m0/s1. The van der Waals surface area contributed by atoms with Gasteiger partial charge in [-0.05, 0) is 44.2 Å². The van der Waals surface area contributed by atoms with Gasteiger partial charge in [-0.1, -0.05) is 45.4 Å². The van der Waals surface area contributed by atoms with Crippen LogP contribution in [-0.4, -0.2) is 38.2 Å². The Morgan fingerprint density at radius 3 is 2.15 bits per heavy atom. The largest absolute Gasteiger partial charge is 0.464 e. The van der Waals surface area contributed by atoms with E-state index in [2.05, 4.69) is 4.72 Å². The Morgan fingerprint density at radius 1 is 1.11 bits per heavy atom. The molecule has 6 nitrogen and oxygen atoms in total. The van der Waals surface area contributed by atoms with Gasteiger partial charge in [0.15, 0.2) is 0 Å². The summed E-state index contributed by atoms with van der Waals surface area (Å²) in [6.45, 7) is 11.1. The van der Waals surface area contributed by atoms with E-state index in [-0.39, 0.29) is 23.3 Å². The van der Waals surface area contributed by atoms with Gasteiger partial charge in [0, 0.05) is 0 Å². The fourth-order valence-corrected chi connectivity index (χ4v) is 3.86. The summed E-state index contributed by atoms with van der Waals surface area (Å²) < 4.78 is 33.1. The van der Waals surface area contributed by atoms with Crippen molar-refractivity contribution in [2.75, 3.05) is 6.61 Å². The summed E-state index contributed by atoms with van der Waals surface area (Å²) >= 11 is 0. The zero-order chi connectivity index (χ0) is 20.8. The molecule has 154 valence electrons. The number of carbonyl (C=O) groups is 1.